The van der Waals surface area contributed by atoms with Crippen molar-refractivity contribution in [3.63, 3.8) is 0 Å². The van der Waals surface area contributed by atoms with Gasteiger partial charge in [0, 0.05) is 49.5 Å². The van der Waals surface area contributed by atoms with Gasteiger partial charge in [-0.05, 0) is 59.1 Å². The molecule has 3 heterocycles. The lowest BCUT2D eigenvalue weighted by molar-refractivity contribution is 0.0380. The van der Waals surface area contributed by atoms with Gasteiger partial charge in [0.1, 0.15) is 5.75 Å². The zero-order valence-corrected chi connectivity index (χ0v) is 23.6. The number of aromatic nitrogens is 4. The van der Waals surface area contributed by atoms with Crippen molar-refractivity contribution < 1.29 is 13.2 Å². The minimum absolute atomic E-state index is 0.184. The summed E-state index contributed by atoms with van der Waals surface area (Å²) in [4.78, 5) is 5.25. The van der Waals surface area contributed by atoms with Gasteiger partial charge in [0.25, 0.3) is 5.16 Å². The molecule has 0 spiro atoms. The first kappa shape index (κ1) is 26.6. The van der Waals surface area contributed by atoms with Gasteiger partial charge < -0.3 is 4.74 Å². The number of sulfone groups is 1. The number of methoxy groups -OCH3 is 1. The van der Waals surface area contributed by atoms with Crippen LogP contribution in [0.2, 0.25) is 0 Å². The maximum absolute atomic E-state index is 12.3. The zero-order chi connectivity index (χ0) is 27.7. The van der Waals surface area contributed by atoms with E-state index >= 15 is 0 Å². The normalized spacial score (nSPS) is 20.1. The first-order valence-corrected chi connectivity index (χ1v) is 15.6. The Kier molecular flexibility index (Phi) is 7.39. The van der Waals surface area contributed by atoms with E-state index in [1.165, 1.54) is 28.7 Å². The van der Waals surface area contributed by atoms with Crippen LogP contribution in [-0.2, 0) is 16.4 Å². The van der Waals surface area contributed by atoms with E-state index in [0.29, 0.717) is 24.3 Å². The van der Waals surface area contributed by atoms with E-state index in [2.05, 4.69) is 86.0 Å². The van der Waals surface area contributed by atoms with Crippen LogP contribution in [-0.4, -0.2) is 83.5 Å². The molecule has 6 rings (SSSR count). The number of hydrogen-bond acceptors (Lipinski definition) is 8. The molecular weight excluding hydrogens is 524 g/mol. The average Bonchev–Trinajstić information content (AvgIpc) is 3.65. The summed E-state index contributed by atoms with van der Waals surface area (Å²) in [6.45, 7) is 3.66. The Morgan fingerprint density at radius 3 is 2.33 bits per heavy atom. The molecule has 4 aromatic rings. The van der Waals surface area contributed by atoms with Crippen LogP contribution in [0.5, 0.6) is 5.75 Å². The number of benzene rings is 3. The van der Waals surface area contributed by atoms with Crippen molar-refractivity contribution in [2.75, 3.05) is 33.0 Å². The number of hydrogen-bond donors (Lipinski definition) is 0. The van der Waals surface area contributed by atoms with E-state index in [4.69, 9.17) is 4.74 Å². The molecule has 40 heavy (non-hydrogen) atoms. The van der Waals surface area contributed by atoms with Gasteiger partial charge in [0.05, 0.1) is 12.8 Å². The first-order chi connectivity index (χ1) is 19.4. The molecule has 0 bridgehead atoms. The van der Waals surface area contributed by atoms with Crippen molar-refractivity contribution >= 4 is 9.84 Å². The first-order valence-electron chi connectivity index (χ1n) is 13.7. The average molecular weight is 559 g/mol. The highest BCUT2D eigenvalue weighted by molar-refractivity contribution is 7.90. The third-order valence-electron chi connectivity index (χ3n) is 8.14. The van der Waals surface area contributed by atoms with Gasteiger partial charge in [0.15, 0.2) is 0 Å². The molecule has 0 amide bonds. The summed E-state index contributed by atoms with van der Waals surface area (Å²) in [5, 5.41) is 11.1. The Morgan fingerprint density at radius 2 is 1.68 bits per heavy atom. The molecule has 0 saturated carbocycles. The van der Waals surface area contributed by atoms with Crippen LogP contribution in [0.25, 0.3) is 5.69 Å². The Balaban J connectivity index is 1.35. The Labute approximate surface area is 235 Å². The summed E-state index contributed by atoms with van der Waals surface area (Å²) < 4.78 is 31.5. The molecule has 208 valence electrons. The Bertz CT molecular complexity index is 1520. The standard InChI is InChI=1S/C30H34N6O3S/c1-39-28-16-15-25(36-30(31-32-33-36)40(2,37)38)18-24(28)19-34-20-26-14-9-17-35(26)27(21-34)29(22-10-5-3-6-11-22)23-12-7-4-8-13-23/h3-8,10-13,15-16,18,26-27,29H,9,14,17,19-21H2,1-2H3/t26-,27-/m0/s1. The molecule has 0 unspecified atom stereocenters. The van der Waals surface area contributed by atoms with E-state index in [0.717, 1.165) is 37.2 Å². The number of ether oxygens (including phenoxy) is 1. The summed E-state index contributed by atoms with van der Waals surface area (Å²) in [5.41, 5.74) is 4.22. The second-order valence-corrected chi connectivity index (χ2v) is 12.6. The third kappa shape index (κ3) is 5.26. The van der Waals surface area contributed by atoms with Gasteiger partial charge >= 0.3 is 0 Å². The van der Waals surface area contributed by atoms with E-state index in [1.54, 1.807) is 13.2 Å². The highest BCUT2D eigenvalue weighted by atomic mass is 32.2. The molecule has 0 N–H and O–H groups in total. The molecule has 2 aliphatic rings. The number of nitrogens with zero attached hydrogens (tertiary/aromatic N) is 6. The lowest BCUT2D eigenvalue weighted by atomic mass is 9.82. The molecule has 0 aliphatic carbocycles. The molecule has 2 atom stereocenters. The number of tetrazole rings is 1. The van der Waals surface area contributed by atoms with E-state index in [1.807, 2.05) is 12.1 Å². The van der Waals surface area contributed by atoms with Crippen LogP contribution >= 0.6 is 0 Å². The monoisotopic (exact) mass is 558 g/mol. The van der Waals surface area contributed by atoms with Crippen molar-refractivity contribution in [2.24, 2.45) is 0 Å². The fourth-order valence-electron chi connectivity index (χ4n) is 6.45. The van der Waals surface area contributed by atoms with Crippen LogP contribution < -0.4 is 4.74 Å². The summed E-state index contributed by atoms with van der Waals surface area (Å²) in [7, 11) is -1.93. The molecule has 2 saturated heterocycles. The molecule has 3 aromatic carbocycles. The van der Waals surface area contributed by atoms with Crippen molar-refractivity contribution in [1.29, 1.82) is 0 Å². The van der Waals surface area contributed by atoms with Crippen molar-refractivity contribution in [3.8, 4) is 11.4 Å². The quantitative estimate of drug-likeness (QED) is 0.324. The molecule has 1 aromatic heterocycles. The van der Waals surface area contributed by atoms with Gasteiger partial charge in [-0.3, -0.25) is 9.80 Å². The summed E-state index contributed by atoms with van der Waals surface area (Å²) >= 11 is 0. The number of fused-ring (bicyclic) bond motifs is 1. The second-order valence-electron chi connectivity index (χ2n) is 10.7. The molecule has 10 heteroatoms. The number of piperazine rings is 1. The smallest absolute Gasteiger partial charge is 0.272 e. The fourth-order valence-corrected chi connectivity index (χ4v) is 7.09. The van der Waals surface area contributed by atoms with E-state index < -0.39 is 9.84 Å². The van der Waals surface area contributed by atoms with Crippen molar-refractivity contribution in [2.45, 2.75) is 42.5 Å². The van der Waals surface area contributed by atoms with Gasteiger partial charge in [-0.1, -0.05) is 65.8 Å². The highest BCUT2D eigenvalue weighted by Crippen LogP contribution is 2.38. The molecule has 2 aliphatic heterocycles. The predicted molar refractivity (Wildman–Crippen MR) is 152 cm³/mol. The number of rotatable bonds is 8. The second kappa shape index (κ2) is 11.1. The summed E-state index contributed by atoms with van der Waals surface area (Å²) in [6.07, 6.45) is 3.50. The van der Waals surface area contributed by atoms with Gasteiger partial charge in [-0.15, -0.1) is 0 Å². The lowest BCUT2D eigenvalue weighted by Gasteiger charge is -2.47. The highest BCUT2D eigenvalue weighted by Gasteiger charge is 2.42. The van der Waals surface area contributed by atoms with Gasteiger partial charge in [-0.2, -0.15) is 4.68 Å². The zero-order valence-electron chi connectivity index (χ0n) is 22.8. The van der Waals surface area contributed by atoms with Gasteiger partial charge in [0.2, 0.25) is 9.84 Å². The van der Waals surface area contributed by atoms with Crippen LogP contribution in [0.15, 0.2) is 84.0 Å². The lowest BCUT2D eigenvalue weighted by Crippen LogP contribution is -2.57. The topological polar surface area (TPSA) is 93.4 Å². The Morgan fingerprint density at radius 1 is 0.975 bits per heavy atom. The molecule has 9 nitrogen and oxygen atoms in total. The minimum atomic E-state index is -3.59. The summed E-state index contributed by atoms with van der Waals surface area (Å²) in [6, 6.07) is 28.1. The van der Waals surface area contributed by atoms with Crippen molar-refractivity contribution in [3.05, 3.63) is 95.6 Å². The van der Waals surface area contributed by atoms with E-state index in [9.17, 15) is 8.42 Å². The molecule has 0 radical (unpaired) electrons. The predicted octanol–water partition coefficient (Wildman–Crippen LogP) is 3.56. The van der Waals surface area contributed by atoms with Crippen LogP contribution in [0.3, 0.4) is 0 Å². The van der Waals surface area contributed by atoms with Crippen molar-refractivity contribution in [1.82, 2.24) is 30.0 Å². The summed E-state index contributed by atoms with van der Waals surface area (Å²) in [5.74, 6) is 1.00. The fraction of sp³-hybridized carbons (Fsp3) is 0.367. The van der Waals surface area contributed by atoms with Crippen LogP contribution in [0.4, 0.5) is 0 Å². The maximum atomic E-state index is 12.3. The maximum Gasteiger partial charge on any atom is 0.272 e. The molecule has 2 fully saturated rings. The molecular formula is C30H34N6O3S. The largest absolute Gasteiger partial charge is 0.496 e. The minimum Gasteiger partial charge on any atom is -0.496 e. The van der Waals surface area contributed by atoms with Crippen LogP contribution in [0, 0.1) is 0 Å². The SMILES string of the molecule is COc1ccc(-n2nnnc2S(C)(=O)=O)cc1CN1C[C@@H]2CCCN2[C@H](C(c2ccccc2)c2ccccc2)C1. The van der Waals surface area contributed by atoms with Crippen LogP contribution in [0.1, 0.15) is 35.4 Å². The Hall–Kier alpha value is -3.60. The van der Waals surface area contributed by atoms with E-state index in [-0.39, 0.29) is 11.1 Å². The van der Waals surface area contributed by atoms with Gasteiger partial charge in [-0.25, -0.2) is 8.42 Å². The third-order valence-corrected chi connectivity index (χ3v) is 9.06.